The first-order valence-corrected chi connectivity index (χ1v) is 6.57. The highest BCUT2D eigenvalue weighted by Crippen LogP contribution is 2.29. The van der Waals surface area contributed by atoms with Crippen LogP contribution in [0.2, 0.25) is 0 Å². The minimum atomic E-state index is -0.298. The Bertz CT molecular complexity index is 577. The standard InChI is InChI=1S/C14H14BrFN2O/c1-17-13(9-5-6-10(15)11(16)8-9)14-12(19-2)4-3-7-18-14/h3-8,13,17H,1-2H3. The molecule has 0 aliphatic rings. The Kier molecular flexibility index (Phi) is 4.50. The lowest BCUT2D eigenvalue weighted by atomic mass is 10.0. The SMILES string of the molecule is CNC(c1ccc(Br)c(F)c1)c1ncccc1OC. The number of rotatable bonds is 4. The number of methoxy groups -OCH3 is 1. The fourth-order valence-corrected chi connectivity index (χ4v) is 2.19. The Labute approximate surface area is 119 Å². The summed E-state index contributed by atoms with van der Waals surface area (Å²) in [5.74, 6) is 0.373. The molecule has 1 aromatic carbocycles. The molecule has 3 nitrogen and oxygen atoms in total. The van der Waals surface area contributed by atoms with E-state index in [0.29, 0.717) is 10.2 Å². The number of hydrogen-bond acceptors (Lipinski definition) is 3. The summed E-state index contributed by atoms with van der Waals surface area (Å²) in [5, 5.41) is 3.13. The van der Waals surface area contributed by atoms with Crippen molar-refractivity contribution in [2.24, 2.45) is 0 Å². The second kappa shape index (κ2) is 6.12. The third-order valence-electron chi connectivity index (χ3n) is 2.86. The molecule has 0 fully saturated rings. The van der Waals surface area contributed by atoms with Gasteiger partial charge in [0, 0.05) is 6.20 Å². The molecular weight excluding hydrogens is 311 g/mol. The highest BCUT2D eigenvalue weighted by atomic mass is 79.9. The van der Waals surface area contributed by atoms with Gasteiger partial charge in [0.05, 0.1) is 17.6 Å². The van der Waals surface area contributed by atoms with Crippen LogP contribution in [-0.4, -0.2) is 19.1 Å². The van der Waals surface area contributed by atoms with Gasteiger partial charge in [-0.1, -0.05) is 6.07 Å². The van der Waals surface area contributed by atoms with Gasteiger partial charge in [-0.15, -0.1) is 0 Å². The molecule has 1 aromatic heterocycles. The molecule has 19 heavy (non-hydrogen) atoms. The van der Waals surface area contributed by atoms with E-state index in [-0.39, 0.29) is 11.9 Å². The van der Waals surface area contributed by atoms with Crippen molar-refractivity contribution < 1.29 is 9.13 Å². The van der Waals surface area contributed by atoms with Gasteiger partial charge in [0.2, 0.25) is 0 Å². The molecule has 5 heteroatoms. The van der Waals surface area contributed by atoms with Crippen LogP contribution in [0.5, 0.6) is 5.75 Å². The lowest BCUT2D eigenvalue weighted by Gasteiger charge is -2.18. The summed E-state index contributed by atoms with van der Waals surface area (Å²) in [6, 6.07) is 8.43. The van der Waals surface area contributed by atoms with Crippen LogP contribution < -0.4 is 10.1 Å². The molecule has 2 aromatic rings. The minimum Gasteiger partial charge on any atom is -0.495 e. The van der Waals surface area contributed by atoms with Gasteiger partial charge in [0.25, 0.3) is 0 Å². The number of nitrogens with zero attached hydrogens (tertiary/aromatic N) is 1. The fourth-order valence-electron chi connectivity index (χ4n) is 1.95. The Morgan fingerprint density at radius 2 is 2.16 bits per heavy atom. The van der Waals surface area contributed by atoms with Crippen LogP contribution in [0.25, 0.3) is 0 Å². The fraction of sp³-hybridized carbons (Fsp3) is 0.214. The highest BCUT2D eigenvalue weighted by Gasteiger charge is 2.18. The van der Waals surface area contributed by atoms with Gasteiger partial charge in [-0.3, -0.25) is 4.98 Å². The van der Waals surface area contributed by atoms with Crippen LogP contribution in [-0.2, 0) is 0 Å². The molecule has 2 rings (SSSR count). The van der Waals surface area contributed by atoms with Crippen LogP contribution in [0.3, 0.4) is 0 Å². The van der Waals surface area contributed by atoms with Gasteiger partial charge in [-0.25, -0.2) is 4.39 Å². The monoisotopic (exact) mass is 324 g/mol. The van der Waals surface area contributed by atoms with E-state index < -0.39 is 0 Å². The number of pyridine rings is 1. The molecule has 1 atom stereocenters. The second-order valence-corrected chi connectivity index (χ2v) is 4.84. The molecule has 0 aliphatic heterocycles. The summed E-state index contributed by atoms with van der Waals surface area (Å²) in [5.41, 5.74) is 1.52. The van der Waals surface area contributed by atoms with Crippen molar-refractivity contribution in [3.8, 4) is 5.75 Å². The van der Waals surface area contributed by atoms with Crippen LogP contribution in [0, 0.1) is 5.82 Å². The first kappa shape index (κ1) is 14.0. The molecule has 0 saturated heterocycles. The maximum Gasteiger partial charge on any atom is 0.142 e. The first-order valence-electron chi connectivity index (χ1n) is 5.78. The molecule has 0 saturated carbocycles. The summed E-state index contributed by atoms with van der Waals surface area (Å²) in [4.78, 5) is 4.33. The lowest BCUT2D eigenvalue weighted by Crippen LogP contribution is -2.19. The molecule has 0 spiro atoms. The number of benzene rings is 1. The van der Waals surface area contributed by atoms with E-state index in [9.17, 15) is 4.39 Å². The zero-order valence-corrected chi connectivity index (χ0v) is 12.2. The molecule has 0 aliphatic carbocycles. The largest absolute Gasteiger partial charge is 0.495 e. The van der Waals surface area contributed by atoms with Crippen molar-refractivity contribution in [1.82, 2.24) is 10.3 Å². The van der Waals surface area contributed by atoms with Gasteiger partial charge in [-0.05, 0) is 52.8 Å². The molecule has 0 amide bonds. The van der Waals surface area contributed by atoms with E-state index in [2.05, 4.69) is 26.2 Å². The third-order valence-corrected chi connectivity index (χ3v) is 3.50. The summed E-state index contributed by atoms with van der Waals surface area (Å²) >= 11 is 3.15. The van der Waals surface area contributed by atoms with E-state index in [1.165, 1.54) is 6.07 Å². The van der Waals surface area contributed by atoms with Gasteiger partial charge in [-0.2, -0.15) is 0 Å². The minimum absolute atomic E-state index is 0.223. The Morgan fingerprint density at radius 3 is 2.79 bits per heavy atom. The van der Waals surface area contributed by atoms with E-state index in [1.807, 2.05) is 12.1 Å². The predicted octanol–water partition coefficient (Wildman–Crippen LogP) is 3.30. The smallest absolute Gasteiger partial charge is 0.142 e. The van der Waals surface area contributed by atoms with Crippen molar-refractivity contribution in [3.63, 3.8) is 0 Å². The van der Waals surface area contributed by atoms with Crippen LogP contribution in [0.15, 0.2) is 41.0 Å². The molecular formula is C14H14BrFN2O. The van der Waals surface area contributed by atoms with E-state index in [0.717, 1.165) is 11.3 Å². The topological polar surface area (TPSA) is 34.2 Å². The first-order chi connectivity index (χ1) is 9.17. The van der Waals surface area contributed by atoms with Crippen LogP contribution in [0.1, 0.15) is 17.3 Å². The molecule has 1 N–H and O–H groups in total. The number of nitrogens with one attached hydrogen (secondary N) is 1. The zero-order valence-electron chi connectivity index (χ0n) is 10.7. The summed E-state index contributed by atoms with van der Waals surface area (Å²) in [6.45, 7) is 0. The van der Waals surface area contributed by atoms with Gasteiger partial charge in [0.15, 0.2) is 0 Å². The average molecular weight is 325 g/mol. The number of hydrogen-bond donors (Lipinski definition) is 1. The quantitative estimate of drug-likeness (QED) is 0.937. The van der Waals surface area contributed by atoms with E-state index in [1.54, 1.807) is 32.5 Å². The third kappa shape index (κ3) is 2.93. The maximum atomic E-state index is 13.6. The number of ether oxygens (including phenoxy) is 1. The van der Waals surface area contributed by atoms with Gasteiger partial charge < -0.3 is 10.1 Å². The van der Waals surface area contributed by atoms with E-state index in [4.69, 9.17) is 4.74 Å². The second-order valence-electron chi connectivity index (χ2n) is 3.99. The summed E-state index contributed by atoms with van der Waals surface area (Å²) < 4.78 is 19.4. The van der Waals surface area contributed by atoms with Crippen LogP contribution in [0.4, 0.5) is 4.39 Å². The summed E-state index contributed by atoms with van der Waals surface area (Å²) in [6.07, 6.45) is 1.69. The Hall–Kier alpha value is -1.46. The molecule has 0 radical (unpaired) electrons. The van der Waals surface area contributed by atoms with Gasteiger partial charge >= 0.3 is 0 Å². The molecule has 100 valence electrons. The predicted molar refractivity (Wildman–Crippen MR) is 75.8 cm³/mol. The van der Waals surface area contributed by atoms with Crippen molar-refractivity contribution in [1.29, 1.82) is 0 Å². The number of aromatic nitrogens is 1. The van der Waals surface area contributed by atoms with Crippen molar-refractivity contribution in [3.05, 3.63) is 58.1 Å². The normalized spacial score (nSPS) is 12.2. The zero-order chi connectivity index (χ0) is 13.8. The Balaban J connectivity index is 2.46. The number of halogens is 2. The van der Waals surface area contributed by atoms with Crippen molar-refractivity contribution in [2.45, 2.75) is 6.04 Å². The summed E-state index contributed by atoms with van der Waals surface area (Å²) in [7, 11) is 3.40. The molecule has 0 bridgehead atoms. The lowest BCUT2D eigenvalue weighted by molar-refractivity contribution is 0.401. The van der Waals surface area contributed by atoms with Crippen LogP contribution >= 0.6 is 15.9 Å². The van der Waals surface area contributed by atoms with Crippen molar-refractivity contribution in [2.75, 3.05) is 14.2 Å². The van der Waals surface area contributed by atoms with E-state index >= 15 is 0 Å². The molecule has 1 unspecified atom stereocenters. The van der Waals surface area contributed by atoms with Crippen molar-refractivity contribution >= 4 is 15.9 Å². The van der Waals surface area contributed by atoms with Gasteiger partial charge in [0.1, 0.15) is 17.3 Å². The molecule has 1 heterocycles. The average Bonchev–Trinajstić information content (AvgIpc) is 2.44. The maximum absolute atomic E-state index is 13.6. The Morgan fingerprint density at radius 1 is 1.37 bits per heavy atom. The highest BCUT2D eigenvalue weighted by molar-refractivity contribution is 9.10.